The summed E-state index contributed by atoms with van der Waals surface area (Å²) in [6.07, 6.45) is 0.853. The van der Waals surface area contributed by atoms with E-state index in [1.807, 2.05) is 13.0 Å². The van der Waals surface area contributed by atoms with Gasteiger partial charge in [0.2, 0.25) is 15.9 Å². The molecule has 35 heavy (non-hydrogen) atoms. The van der Waals surface area contributed by atoms with E-state index in [-0.39, 0.29) is 41.8 Å². The molecule has 1 saturated heterocycles. The van der Waals surface area contributed by atoms with E-state index < -0.39 is 10.0 Å². The second-order valence-corrected chi connectivity index (χ2v) is 12.0. The van der Waals surface area contributed by atoms with Gasteiger partial charge in [0, 0.05) is 37.1 Å². The monoisotopic (exact) mass is 513 g/mol. The lowest BCUT2D eigenvalue weighted by Gasteiger charge is -2.41. The maximum atomic E-state index is 14.1. The van der Waals surface area contributed by atoms with Crippen LogP contribution in [0.2, 0.25) is 0 Å². The molecule has 6 nitrogen and oxygen atoms in total. The zero-order valence-electron chi connectivity index (χ0n) is 19.5. The van der Waals surface area contributed by atoms with E-state index in [2.05, 4.69) is 16.3 Å². The van der Waals surface area contributed by atoms with E-state index in [0.29, 0.717) is 19.6 Å². The Hall–Kier alpha value is -2.59. The Labute approximate surface area is 209 Å². The highest BCUT2D eigenvalue weighted by atomic mass is 32.2. The van der Waals surface area contributed by atoms with Crippen molar-refractivity contribution in [3.63, 3.8) is 0 Å². The molecule has 0 saturated carbocycles. The summed E-state index contributed by atoms with van der Waals surface area (Å²) in [5.74, 6) is -0.325. The average molecular weight is 514 g/mol. The Morgan fingerprint density at radius 3 is 2.60 bits per heavy atom. The van der Waals surface area contributed by atoms with Crippen LogP contribution < -0.4 is 0 Å². The molecule has 1 aromatic heterocycles. The zero-order valence-corrected chi connectivity index (χ0v) is 21.1. The summed E-state index contributed by atoms with van der Waals surface area (Å²) in [6.45, 7) is 3.69. The number of carbonyl (C=O) groups excluding carboxylic acids is 1. The highest BCUT2D eigenvalue weighted by Crippen LogP contribution is 2.38. The van der Waals surface area contributed by atoms with Crippen LogP contribution in [0.25, 0.3) is 0 Å². The first-order chi connectivity index (χ1) is 16.8. The van der Waals surface area contributed by atoms with Crippen LogP contribution in [-0.4, -0.2) is 67.2 Å². The molecular formula is C26H28FN3O3S2. The van der Waals surface area contributed by atoms with Gasteiger partial charge in [-0.3, -0.25) is 9.69 Å². The molecule has 2 atom stereocenters. The molecule has 9 heteroatoms. The van der Waals surface area contributed by atoms with Crippen molar-refractivity contribution in [3.05, 3.63) is 87.9 Å². The van der Waals surface area contributed by atoms with Crippen LogP contribution in [0.5, 0.6) is 0 Å². The smallest absolute Gasteiger partial charge is 0.243 e. The number of nitrogens with zero attached hydrogens (tertiary/aromatic N) is 3. The molecule has 2 unspecified atom stereocenters. The van der Waals surface area contributed by atoms with Crippen molar-refractivity contribution in [2.45, 2.75) is 30.3 Å². The first-order valence-corrected chi connectivity index (χ1v) is 14.1. The molecule has 2 aliphatic rings. The third kappa shape index (κ3) is 4.78. The van der Waals surface area contributed by atoms with Crippen molar-refractivity contribution in [3.8, 4) is 0 Å². The Bertz CT molecular complexity index is 1310. The molecule has 5 rings (SSSR count). The summed E-state index contributed by atoms with van der Waals surface area (Å²) in [6, 6.07) is 16.6. The van der Waals surface area contributed by atoms with Gasteiger partial charge in [0.05, 0.1) is 17.5 Å². The number of fused-ring (bicyclic) bond motifs is 1. The molecule has 0 bridgehead atoms. The van der Waals surface area contributed by atoms with E-state index in [0.717, 1.165) is 17.5 Å². The number of carbonyl (C=O) groups is 1. The first kappa shape index (κ1) is 24.1. The van der Waals surface area contributed by atoms with Gasteiger partial charge < -0.3 is 4.90 Å². The number of rotatable bonds is 5. The van der Waals surface area contributed by atoms with E-state index in [1.165, 1.54) is 15.2 Å². The SMILES string of the molecule is CC1CN(C(=O)CN2CCc3sccc3C2c2cccc(F)c2)CCN1S(=O)(=O)c1ccccc1. The van der Waals surface area contributed by atoms with Gasteiger partial charge in [-0.05, 0) is 60.2 Å². The molecule has 184 valence electrons. The standard InChI is InChI=1S/C26H28FN3O3S2/c1-19-17-28(13-14-30(19)35(32,33)22-8-3-2-4-9-22)25(31)18-29-12-10-24-23(11-15-34-24)26(29)20-6-5-7-21(27)16-20/h2-9,11,15-16,19,26H,10,12-14,17-18H2,1H3. The largest absolute Gasteiger partial charge is 0.339 e. The van der Waals surface area contributed by atoms with Crippen LogP contribution >= 0.6 is 11.3 Å². The van der Waals surface area contributed by atoms with Crippen LogP contribution in [0.3, 0.4) is 0 Å². The predicted molar refractivity (Wildman–Crippen MR) is 134 cm³/mol. The Morgan fingerprint density at radius 2 is 1.86 bits per heavy atom. The maximum absolute atomic E-state index is 14.1. The van der Waals surface area contributed by atoms with Crippen molar-refractivity contribution in [1.29, 1.82) is 0 Å². The Balaban J connectivity index is 1.31. The Morgan fingerprint density at radius 1 is 1.06 bits per heavy atom. The Kier molecular flexibility index (Phi) is 6.76. The highest BCUT2D eigenvalue weighted by molar-refractivity contribution is 7.89. The molecule has 2 aliphatic heterocycles. The summed E-state index contributed by atoms with van der Waals surface area (Å²) in [7, 11) is -3.61. The average Bonchev–Trinajstić information content (AvgIpc) is 3.33. The van der Waals surface area contributed by atoms with E-state index in [9.17, 15) is 17.6 Å². The van der Waals surface area contributed by atoms with Gasteiger partial charge >= 0.3 is 0 Å². The van der Waals surface area contributed by atoms with Crippen LogP contribution in [0, 0.1) is 5.82 Å². The minimum atomic E-state index is -3.61. The van der Waals surface area contributed by atoms with Gasteiger partial charge in [-0.2, -0.15) is 4.31 Å². The van der Waals surface area contributed by atoms with Gasteiger partial charge in [0.15, 0.2) is 0 Å². The molecule has 3 aromatic rings. The quantitative estimate of drug-likeness (QED) is 0.521. The molecule has 2 aromatic carbocycles. The summed E-state index contributed by atoms with van der Waals surface area (Å²) < 4.78 is 41.7. The third-order valence-electron chi connectivity index (χ3n) is 6.84. The van der Waals surface area contributed by atoms with Crippen LogP contribution in [0.15, 0.2) is 70.9 Å². The number of piperazine rings is 1. The molecule has 1 fully saturated rings. The fourth-order valence-corrected chi connectivity index (χ4v) is 7.67. The normalized spacial score (nSPS) is 21.6. The lowest BCUT2D eigenvalue weighted by Crippen LogP contribution is -2.57. The summed E-state index contributed by atoms with van der Waals surface area (Å²) >= 11 is 1.70. The lowest BCUT2D eigenvalue weighted by molar-refractivity contribution is -0.135. The number of sulfonamides is 1. The van der Waals surface area contributed by atoms with Crippen LogP contribution in [-0.2, 0) is 21.2 Å². The topological polar surface area (TPSA) is 60.9 Å². The van der Waals surface area contributed by atoms with E-state index in [1.54, 1.807) is 58.7 Å². The minimum absolute atomic E-state index is 0.0336. The number of hydrogen-bond donors (Lipinski definition) is 0. The number of amides is 1. The van der Waals surface area contributed by atoms with Gasteiger partial charge in [-0.1, -0.05) is 30.3 Å². The molecule has 1 amide bonds. The van der Waals surface area contributed by atoms with E-state index >= 15 is 0 Å². The predicted octanol–water partition coefficient (Wildman–Crippen LogP) is 3.76. The summed E-state index contributed by atoms with van der Waals surface area (Å²) in [5, 5.41) is 2.05. The van der Waals surface area contributed by atoms with Crippen molar-refractivity contribution in [2.75, 3.05) is 32.7 Å². The van der Waals surface area contributed by atoms with Crippen molar-refractivity contribution in [1.82, 2.24) is 14.1 Å². The van der Waals surface area contributed by atoms with Crippen molar-refractivity contribution >= 4 is 27.3 Å². The minimum Gasteiger partial charge on any atom is -0.339 e. The maximum Gasteiger partial charge on any atom is 0.243 e. The fourth-order valence-electron chi connectivity index (χ4n) is 5.13. The van der Waals surface area contributed by atoms with E-state index in [4.69, 9.17) is 0 Å². The number of hydrogen-bond acceptors (Lipinski definition) is 5. The molecule has 0 N–H and O–H groups in total. The van der Waals surface area contributed by atoms with Crippen molar-refractivity contribution < 1.29 is 17.6 Å². The molecule has 3 heterocycles. The highest BCUT2D eigenvalue weighted by Gasteiger charge is 2.37. The van der Waals surface area contributed by atoms with Crippen molar-refractivity contribution in [2.24, 2.45) is 0 Å². The molecule has 0 spiro atoms. The first-order valence-electron chi connectivity index (χ1n) is 11.7. The van der Waals surface area contributed by atoms with Gasteiger partial charge in [-0.25, -0.2) is 12.8 Å². The molecule has 0 aliphatic carbocycles. The summed E-state index contributed by atoms with van der Waals surface area (Å²) in [4.78, 5) is 18.8. The van der Waals surface area contributed by atoms with Gasteiger partial charge in [-0.15, -0.1) is 11.3 Å². The lowest BCUT2D eigenvalue weighted by atomic mass is 9.93. The van der Waals surface area contributed by atoms with Crippen LogP contribution in [0.4, 0.5) is 4.39 Å². The molecular weight excluding hydrogens is 485 g/mol. The second-order valence-electron chi connectivity index (χ2n) is 9.09. The van der Waals surface area contributed by atoms with Gasteiger partial charge in [0.1, 0.15) is 5.82 Å². The summed E-state index contributed by atoms with van der Waals surface area (Å²) in [5.41, 5.74) is 1.97. The number of benzene rings is 2. The number of thiophene rings is 1. The van der Waals surface area contributed by atoms with Crippen LogP contribution in [0.1, 0.15) is 29.0 Å². The fraction of sp³-hybridized carbons (Fsp3) is 0.346. The second kappa shape index (κ2) is 9.81. The third-order valence-corrected chi connectivity index (χ3v) is 9.86. The van der Waals surface area contributed by atoms with Gasteiger partial charge in [0.25, 0.3) is 0 Å². The number of halogens is 1. The molecule has 0 radical (unpaired) electrons. The zero-order chi connectivity index (χ0) is 24.6.